The first-order valence-corrected chi connectivity index (χ1v) is 8.21. The molecule has 2 rings (SSSR count). The molecular weight excluding hydrogens is 260 g/mol. The predicted molar refractivity (Wildman–Crippen MR) is 79.6 cm³/mol. The van der Waals surface area contributed by atoms with Gasteiger partial charge in [0.05, 0.1) is 6.04 Å². The van der Waals surface area contributed by atoms with E-state index in [9.17, 15) is 0 Å². The first-order valence-electron chi connectivity index (χ1n) is 6.99. The summed E-state index contributed by atoms with van der Waals surface area (Å²) in [5.74, 6) is 0.631. The van der Waals surface area contributed by atoms with Crippen LogP contribution in [0, 0.1) is 0 Å². The van der Waals surface area contributed by atoms with E-state index in [0.29, 0.717) is 16.7 Å². The minimum atomic E-state index is 0.0900. The topological polar surface area (TPSA) is 63.0 Å². The van der Waals surface area contributed by atoms with E-state index < -0.39 is 0 Å². The summed E-state index contributed by atoms with van der Waals surface area (Å²) in [6, 6.07) is 0.628. The molecule has 6 heteroatoms. The molecule has 19 heavy (non-hydrogen) atoms. The van der Waals surface area contributed by atoms with Crippen LogP contribution >= 0.6 is 11.8 Å². The lowest BCUT2D eigenvalue weighted by Gasteiger charge is -2.35. The zero-order chi connectivity index (χ0) is 13.7. The number of rotatable bonds is 6. The number of nitrogens with zero attached hydrogens (tertiary/aromatic N) is 2. The van der Waals surface area contributed by atoms with Crippen LogP contribution in [-0.2, 0) is 0 Å². The van der Waals surface area contributed by atoms with E-state index in [1.54, 1.807) is 0 Å². The summed E-state index contributed by atoms with van der Waals surface area (Å²) in [5, 5.41) is 14.5. The molecule has 1 aliphatic rings. The minimum absolute atomic E-state index is 0.0900. The number of nitrogens with one attached hydrogen (secondary N) is 2. The molecule has 1 saturated carbocycles. The maximum Gasteiger partial charge on any atom is 0.315 e. The standard InChI is InChI=1S/C13H24N4OS/c1-10(14-2)11-16-17-12(18-11)15-9-13(19-3)7-5-4-6-8-13/h10,14H,4-9H2,1-3H3,(H,15,17). The smallest absolute Gasteiger partial charge is 0.315 e. The van der Waals surface area contributed by atoms with Gasteiger partial charge in [-0.1, -0.05) is 24.4 Å². The zero-order valence-corrected chi connectivity index (χ0v) is 12.8. The Balaban J connectivity index is 1.92. The number of aromatic nitrogens is 2. The molecule has 0 bridgehead atoms. The fourth-order valence-electron chi connectivity index (χ4n) is 2.49. The molecule has 1 fully saturated rings. The van der Waals surface area contributed by atoms with Crippen molar-refractivity contribution in [3.8, 4) is 0 Å². The van der Waals surface area contributed by atoms with Crippen LogP contribution in [0.1, 0.15) is 51.0 Å². The van der Waals surface area contributed by atoms with Crippen molar-refractivity contribution in [2.45, 2.75) is 49.8 Å². The second kappa shape index (κ2) is 6.61. The number of thioether (sulfide) groups is 1. The number of hydrogen-bond donors (Lipinski definition) is 2. The molecule has 1 aromatic rings. The van der Waals surface area contributed by atoms with Gasteiger partial charge in [-0.3, -0.25) is 0 Å². The summed E-state index contributed by atoms with van der Waals surface area (Å²) in [7, 11) is 1.88. The summed E-state index contributed by atoms with van der Waals surface area (Å²) >= 11 is 1.97. The molecule has 2 N–H and O–H groups in total. The molecule has 0 amide bonds. The van der Waals surface area contributed by atoms with Crippen molar-refractivity contribution in [2.75, 3.05) is 25.2 Å². The van der Waals surface area contributed by atoms with Crippen LogP contribution < -0.4 is 10.6 Å². The van der Waals surface area contributed by atoms with Gasteiger partial charge in [0, 0.05) is 11.3 Å². The highest BCUT2D eigenvalue weighted by Crippen LogP contribution is 2.38. The molecule has 1 heterocycles. The SMILES string of the molecule is CNC(C)c1nnc(NCC2(SC)CCCCC2)o1. The van der Waals surface area contributed by atoms with Crippen LogP contribution in [0.2, 0.25) is 0 Å². The monoisotopic (exact) mass is 284 g/mol. The molecule has 1 atom stereocenters. The van der Waals surface area contributed by atoms with Gasteiger partial charge < -0.3 is 15.1 Å². The first-order chi connectivity index (χ1) is 9.19. The van der Waals surface area contributed by atoms with Gasteiger partial charge in [-0.15, -0.1) is 5.10 Å². The third-order valence-electron chi connectivity index (χ3n) is 4.00. The third-order valence-corrected chi connectivity index (χ3v) is 5.42. The van der Waals surface area contributed by atoms with Gasteiger partial charge in [0.15, 0.2) is 0 Å². The minimum Gasteiger partial charge on any atom is -0.406 e. The fraction of sp³-hybridized carbons (Fsp3) is 0.846. The molecular formula is C13H24N4OS. The Labute approximate surface area is 119 Å². The van der Waals surface area contributed by atoms with E-state index in [1.807, 2.05) is 25.7 Å². The Bertz CT molecular complexity index is 390. The lowest BCUT2D eigenvalue weighted by Crippen LogP contribution is -2.35. The van der Waals surface area contributed by atoms with Gasteiger partial charge >= 0.3 is 6.01 Å². The Morgan fingerprint density at radius 2 is 2.05 bits per heavy atom. The van der Waals surface area contributed by atoms with Gasteiger partial charge in [-0.05, 0) is 33.1 Å². The van der Waals surface area contributed by atoms with Crippen molar-refractivity contribution in [1.29, 1.82) is 0 Å². The van der Waals surface area contributed by atoms with E-state index in [4.69, 9.17) is 4.42 Å². The molecule has 1 aliphatic carbocycles. The van der Waals surface area contributed by atoms with Crippen LogP contribution in [0.15, 0.2) is 4.42 Å². The highest BCUT2D eigenvalue weighted by atomic mass is 32.2. The largest absolute Gasteiger partial charge is 0.406 e. The zero-order valence-electron chi connectivity index (χ0n) is 12.0. The summed E-state index contributed by atoms with van der Waals surface area (Å²) in [6.45, 7) is 2.91. The van der Waals surface area contributed by atoms with Crippen LogP contribution in [0.3, 0.4) is 0 Å². The maximum absolute atomic E-state index is 5.61. The lowest BCUT2D eigenvalue weighted by molar-refractivity contribution is 0.403. The van der Waals surface area contributed by atoms with E-state index in [1.165, 1.54) is 32.1 Å². The predicted octanol–water partition coefficient (Wildman–Crippen LogP) is 2.83. The van der Waals surface area contributed by atoms with Crippen molar-refractivity contribution in [2.24, 2.45) is 0 Å². The van der Waals surface area contributed by atoms with Crippen molar-refractivity contribution in [1.82, 2.24) is 15.5 Å². The Morgan fingerprint density at radius 1 is 1.32 bits per heavy atom. The first kappa shape index (κ1) is 14.7. The molecule has 1 unspecified atom stereocenters. The van der Waals surface area contributed by atoms with Crippen molar-refractivity contribution in [3.05, 3.63) is 5.89 Å². The van der Waals surface area contributed by atoms with Crippen molar-refractivity contribution >= 4 is 17.8 Å². The molecule has 108 valence electrons. The van der Waals surface area contributed by atoms with Crippen molar-refractivity contribution in [3.63, 3.8) is 0 Å². The highest BCUT2D eigenvalue weighted by molar-refractivity contribution is 8.00. The molecule has 0 aliphatic heterocycles. The van der Waals surface area contributed by atoms with Gasteiger partial charge in [-0.2, -0.15) is 11.8 Å². The van der Waals surface area contributed by atoms with E-state index in [0.717, 1.165) is 6.54 Å². The quantitative estimate of drug-likeness (QED) is 0.837. The molecule has 0 radical (unpaired) electrons. The van der Waals surface area contributed by atoms with Crippen LogP contribution in [0.5, 0.6) is 0 Å². The Morgan fingerprint density at radius 3 is 2.68 bits per heavy atom. The fourth-order valence-corrected chi connectivity index (χ4v) is 3.40. The Hall–Kier alpha value is -0.750. The van der Waals surface area contributed by atoms with E-state index in [-0.39, 0.29) is 6.04 Å². The number of hydrogen-bond acceptors (Lipinski definition) is 6. The summed E-state index contributed by atoms with van der Waals surface area (Å²) in [4.78, 5) is 0. The molecule has 0 spiro atoms. The second-order valence-electron chi connectivity index (χ2n) is 5.26. The van der Waals surface area contributed by atoms with Crippen LogP contribution in [-0.4, -0.2) is 34.8 Å². The van der Waals surface area contributed by atoms with Gasteiger partial charge in [0.2, 0.25) is 5.89 Å². The lowest BCUT2D eigenvalue weighted by atomic mass is 9.88. The molecule has 0 aromatic carbocycles. The van der Waals surface area contributed by atoms with Gasteiger partial charge in [0.1, 0.15) is 0 Å². The van der Waals surface area contributed by atoms with Crippen LogP contribution in [0.25, 0.3) is 0 Å². The van der Waals surface area contributed by atoms with E-state index in [2.05, 4.69) is 27.1 Å². The summed E-state index contributed by atoms with van der Waals surface area (Å²) < 4.78 is 5.95. The van der Waals surface area contributed by atoms with Gasteiger partial charge in [0.25, 0.3) is 0 Å². The third kappa shape index (κ3) is 3.63. The van der Waals surface area contributed by atoms with Gasteiger partial charge in [-0.25, -0.2) is 0 Å². The molecule has 0 saturated heterocycles. The maximum atomic E-state index is 5.61. The second-order valence-corrected chi connectivity index (χ2v) is 6.53. The van der Waals surface area contributed by atoms with Crippen molar-refractivity contribution < 1.29 is 4.42 Å². The normalized spacial score (nSPS) is 20.2. The average molecular weight is 284 g/mol. The highest BCUT2D eigenvalue weighted by Gasteiger charge is 2.31. The van der Waals surface area contributed by atoms with Crippen LogP contribution in [0.4, 0.5) is 6.01 Å². The summed E-state index contributed by atoms with van der Waals surface area (Å²) in [5.41, 5.74) is 0. The summed E-state index contributed by atoms with van der Waals surface area (Å²) in [6.07, 6.45) is 8.77. The van der Waals surface area contributed by atoms with E-state index >= 15 is 0 Å². The number of anilines is 1. The molecule has 1 aromatic heterocycles. The molecule has 5 nitrogen and oxygen atoms in total. The Kier molecular flexibility index (Phi) is 5.10. The average Bonchev–Trinajstić information content (AvgIpc) is 2.94.